The van der Waals surface area contributed by atoms with Gasteiger partial charge in [-0.25, -0.2) is 8.42 Å². The Morgan fingerprint density at radius 3 is 2.70 bits per heavy atom. The molecule has 0 saturated carbocycles. The summed E-state index contributed by atoms with van der Waals surface area (Å²) in [5.41, 5.74) is 2.41. The molecule has 1 N–H and O–H groups in total. The maximum Gasteiger partial charge on any atom is 0.243 e. The Morgan fingerprint density at radius 2 is 1.85 bits per heavy atom. The molecule has 1 aromatic carbocycles. The van der Waals surface area contributed by atoms with E-state index in [1.165, 1.54) is 9.87 Å². The molecule has 3 rings (SSSR count). The minimum Gasteiger partial charge on any atom is -0.355 e. The maximum atomic E-state index is 12.6. The SMILES string of the molecule is O=C1CCN(S(=O)(=O)c2ccc3c(c2)CCC3)CCN1. The zero-order valence-corrected chi connectivity index (χ0v) is 12.1. The Kier molecular flexibility index (Phi) is 3.52. The summed E-state index contributed by atoms with van der Waals surface area (Å²) in [5, 5.41) is 2.69. The predicted octanol–water partition coefficient (Wildman–Crippen LogP) is 0.686. The van der Waals surface area contributed by atoms with Crippen LogP contribution >= 0.6 is 0 Å². The molecule has 1 amide bonds. The average molecular weight is 294 g/mol. The lowest BCUT2D eigenvalue weighted by molar-refractivity contribution is -0.120. The molecule has 0 atom stereocenters. The molecular formula is C14H18N2O3S. The third-order valence-electron chi connectivity index (χ3n) is 3.98. The van der Waals surface area contributed by atoms with Crippen LogP contribution in [0.25, 0.3) is 0 Å². The van der Waals surface area contributed by atoms with E-state index in [1.807, 2.05) is 6.07 Å². The van der Waals surface area contributed by atoms with Crippen LogP contribution in [-0.2, 0) is 27.7 Å². The number of amides is 1. The summed E-state index contributed by atoms with van der Waals surface area (Å²) in [6, 6.07) is 5.42. The van der Waals surface area contributed by atoms with Crippen LogP contribution in [0.4, 0.5) is 0 Å². The van der Waals surface area contributed by atoms with Crippen molar-refractivity contribution in [3.05, 3.63) is 29.3 Å². The third-order valence-corrected chi connectivity index (χ3v) is 5.87. The van der Waals surface area contributed by atoms with Gasteiger partial charge in [-0.05, 0) is 42.5 Å². The molecule has 1 aliphatic carbocycles. The Balaban J connectivity index is 1.89. The quantitative estimate of drug-likeness (QED) is 0.872. The standard InChI is InChI=1S/C14H18N2O3S/c17-14-6-8-16(9-7-15-14)20(18,19)13-5-4-11-2-1-3-12(11)10-13/h4-5,10H,1-3,6-9H2,(H,15,17). The van der Waals surface area contributed by atoms with Crippen LogP contribution in [0.3, 0.4) is 0 Å². The molecule has 1 heterocycles. The van der Waals surface area contributed by atoms with Crippen molar-refractivity contribution in [2.45, 2.75) is 30.6 Å². The largest absolute Gasteiger partial charge is 0.355 e. The zero-order chi connectivity index (χ0) is 14.2. The van der Waals surface area contributed by atoms with Crippen molar-refractivity contribution in [2.75, 3.05) is 19.6 Å². The van der Waals surface area contributed by atoms with Gasteiger partial charge in [0.25, 0.3) is 0 Å². The number of fused-ring (bicyclic) bond motifs is 1. The number of nitrogens with zero attached hydrogens (tertiary/aromatic N) is 1. The van der Waals surface area contributed by atoms with Gasteiger partial charge in [-0.2, -0.15) is 4.31 Å². The highest BCUT2D eigenvalue weighted by Gasteiger charge is 2.27. The first-order chi connectivity index (χ1) is 9.57. The Labute approximate surface area is 119 Å². The molecular weight excluding hydrogens is 276 g/mol. The molecule has 0 spiro atoms. The number of nitrogens with one attached hydrogen (secondary N) is 1. The number of aryl methyl sites for hydroxylation is 2. The van der Waals surface area contributed by atoms with E-state index >= 15 is 0 Å². The van der Waals surface area contributed by atoms with Crippen molar-refractivity contribution < 1.29 is 13.2 Å². The Hall–Kier alpha value is -1.40. The number of sulfonamides is 1. The monoisotopic (exact) mass is 294 g/mol. The highest BCUT2D eigenvalue weighted by Crippen LogP contribution is 2.26. The molecule has 2 aliphatic rings. The first-order valence-corrected chi connectivity index (χ1v) is 8.40. The summed E-state index contributed by atoms with van der Waals surface area (Å²) in [4.78, 5) is 11.7. The lowest BCUT2D eigenvalue weighted by Crippen LogP contribution is -2.34. The average Bonchev–Trinajstić information content (AvgIpc) is 2.78. The van der Waals surface area contributed by atoms with Gasteiger partial charge < -0.3 is 5.32 Å². The molecule has 0 bridgehead atoms. The van der Waals surface area contributed by atoms with Gasteiger partial charge in [-0.15, -0.1) is 0 Å². The molecule has 108 valence electrons. The Morgan fingerprint density at radius 1 is 1.05 bits per heavy atom. The third kappa shape index (κ3) is 2.45. The van der Waals surface area contributed by atoms with Crippen molar-refractivity contribution in [2.24, 2.45) is 0 Å². The van der Waals surface area contributed by atoms with Gasteiger partial charge in [0.15, 0.2) is 0 Å². The molecule has 1 aliphatic heterocycles. The van der Waals surface area contributed by atoms with Gasteiger partial charge >= 0.3 is 0 Å². The second-order valence-electron chi connectivity index (χ2n) is 5.29. The summed E-state index contributed by atoms with van der Waals surface area (Å²) in [5.74, 6) is -0.0864. The summed E-state index contributed by atoms with van der Waals surface area (Å²) in [6.07, 6.45) is 3.32. The van der Waals surface area contributed by atoms with Gasteiger partial charge in [-0.3, -0.25) is 4.79 Å². The van der Waals surface area contributed by atoms with Crippen molar-refractivity contribution in [3.8, 4) is 0 Å². The first kappa shape index (κ1) is 13.6. The molecule has 1 fully saturated rings. The lowest BCUT2D eigenvalue weighted by atomic mass is 10.1. The number of hydrogen-bond donors (Lipinski definition) is 1. The molecule has 1 aromatic rings. The fourth-order valence-corrected chi connectivity index (χ4v) is 4.34. The van der Waals surface area contributed by atoms with E-state index in [9.17, 15) is 13.2 Å². The van der Waals surface area contributed by atoms with Crippen molar-refractivity contribution in [3.63, 3.8) is 0 Å². The Bertz CT molecular complexity index is 640. The summed E-state index contributed by atoms with van der Waals surface area (Å²) < 4.78 is 26.7. The number of carbonyl (C=O) groups is 1. The fraction of sp³-hybridized carbons (Fsp3) is 0.500. The first-order valence-electron chi connectivity index (χ1n) is 6.96. The summed E-state index contributed by atoms with van der Waals surface area (Å²) in [6.45, 7) is 0.972. The van der Waals surface area contributed by atoms with Gasteiger partial charge in [-0.1, -0.05) is 6.07 Å². The molecule has 0 unspecified atom stereocenters. The minimum absolute atomic E-state index is 0.0864. The van der Waals surface area contributed by atoms with Crippen LogP contribution in [-0.4, -0.2) is 38.3 Å². The number of rotatable bonds is 2. The van der Waals surface area contributed by atoms with Crippen LogP contribution < -0.4 is 5.32 Å². The normalized spacial score (nSPS) is 20.3. The number of hydrogen-bond acceptors (Lipinski definition) is 3. The second-order valence-corrected chi connectivity index (χ2v) is 7.23. The van der Waals surface area contributed by atoms with Crippen molar-refractivity contribution in [1.82, 2.24) is 9.62 Å². The molecule has 0 radical (unpaired) electrons. The van der Waals surface area contributed by atoms with E-state index in [-0.39, 0.29) is 18.9 Å². The van der Waals surface area contributed by atoms with Crippen LogP contribution in [0, 0.1) is 0 Å². The lowest BCUT2D eigenvalue weighted by Gasteiger charge is -2.19. The highest BCUT2D eigenvalue weighted by molar-refractivity contribution is 7.89. The minimum atomic E-state index is -3.49. The van der Waals surface area contributed by atoms with E-state index in [4.69, 9.17) is 0 Å². The van der Waals surface area contributed by atoms with Crippen LogP contribution in [0.2, 0.25) is 0 Å². The number of carbonyl (C=O) groups excluding carboxylic acids is 1. The van der Waals surface area contributed by atoms with Gasteiger partial charge in [0, 0.05) is 26.1 Å². The van der Waals surface area contributed by atoms with E-state index in [2.05, 4.69) is 5.32 Å². The van der Waals surface area contributed by atoms with Gasteiger partial charge in [0.1, 0.15) is 0 Å². The number of benzene rings is 1. The topological polar surface area (TPSA) is 66.5 Å². The molecule has 20 heavy (non-hydrogen) atoms. The summed E-state index contributed by atoms with van der Waals surface area (Å²) in [7, 11) is -3.49. The van der Waals surface area contributed by atoms with Gasteiger partial charge in [0.2, 0.25) is 15.9 Å². The predicted molar refractivity (Wildman–Crippen MR) is 74.9 cm³/mol. The molecule has 1 saturated heterocycles. The van der Waals surface area contributed by atoms with E-state index in [1.54, 1.807) is 12.1 Å². The van der Waals surface area contributed by atoms with Crippen LogP contribution in [0.1, 0.15) is 24.0 Å². The second kappa shape index (κ2) is 5.18. The van der Waals surface area contributed by atoms with Crippen LogP contribution in [0.5, 0.6) is 0 Å². The van der Waals surface area contributed by atoms with Gasteiger partial charge in [0.05, 0.1) is 4.90 Å². The molecule has 0 aromatic heterocycles. The maximum absolute atomic E-state index is 12.6. The van der Waals surface area contributed by atoms with Crippen molar-refractivity contribution in [1.29, 1.82) is 0 Å². The van der Waals surface area contributed by atoms with Crippen molar-refractivity contribution >= 4 is 15.9 Å². The summed E-state index contributed by atoms with van der Waals surface area (Å²) >= 11 is 0. The highest BCUT2D eigenvalue weighted by atomic mass is 32.2. The molecule has 5 nitrogen and oxygen atoms in total. The van der Waals surface area contributed by atoms with Crippen LogP contribution in [0.15, 0.2) is 23.1 Å². The zero-order valence-electron chi connectivity index (χ0n) is 11.3. The fourth-order valence-electron chi connectivity index (χ4n) is 2.84. The smallest absolute Gasteiger partial charge is 0.243 e. The van der Waals surface area contributed by atoms with E-state index < -0.39 is 10.0 Å². The van der Waals surface area contributed by atoms with E-state index in [0.29, 0.717) is 18.0 Å². The van der Waals surface area contributed by atoms with E-state index in [0.717, 1.165) is 24.8 Å². The molecule has 6 heteroatoms.